The lowest BCUT2D eigenvalue weighted by atomic mass is 9.72. The molecule has 5 fully saturated rings. The van der Waals surface area contributed by atoms with Gasteiger partial charge in [-0.2, -0.15) is 0 Å². The predicted molar refractivity (Wildman–Crippen MR) is 161 cm³/mol. The highest BCUT2D eigenvalue weighted by Crippen LogP contribution is 2.54. The summed E-state index contributed by atoms with van der Waals surface area (Å²) in [5, 5.41) is 3.00. The molecular formula is C36H46N2O. The minimum atomic E-state index is 0.527. The van der Waals surface area contributed by atoms with Crippen LogP contribution in [0.3, 0.4) is 0 Å². The Labute approximate surface area is 234 Å². The van der Waals surface area contributed by atoms with E-state index in [0.29, 0.717) is 18.2 Å². The first-order chi connectivity index (χ1) is 19.3. The van der Waals surface area contributed by atoms with Gasteiger partial charge in [-0.05, 0) is 93.4 Å². The van der Waals surface area contributed by atoms with Crippen LogP contribution in [0.25, 0.3) is 21.8 Å². The SMILES string of the molecule is c1ccc2c(c1)c1cc3c(cc1n2C1CCC2OC4CCCCC4C2C1)C1CCCCC1N3C1CCCCC1. The highest BCUT2D eigenvalue weighted by Gasteiger charge is 2.48. The van der Waals surface area contributed by atoms with Gasteiger partial charge in [0.15, 0.2) is 0 Å². The third kappa shape index (κ3) is 3.57. The van der Waals surface area contributed by atoms with Crippen LogP contribution in [0.1, 0.15) is 120 Å². The van der Waals surface area contributed by atoms with Gasteiger partial charge in [-0.25, -0.2) is 0 Å². The van der Waals surface area contributed by atoms with Crippen LogP contribution in [0.15, 0.2) is 36.4 Å². The van der Waals surface area contributed by atoms with Gasteiger partial charge < -0.3 is 14.2 Å². The van der Waals surface area contributed by atoms with Crippen LogP contribution in [0.2, 0.25) is 0 Å². The molecule has 0 N–H and O–H groups in total. The number of rotatable bonds is 2. The summed E-state index contributed by atoms with van der Waals surface area (Å²) in [6.07, 6.45) is 23.1. The normalized spacial score (nSPS) is 36.6. The van der Waals surface area contributed by atoms with Crippen LogP contribution in [0.4, 0.5) is 5.69 Å². The van der Waals surface area contributed by atoms with E-state index in [-0.39, 0.29) is 0 Å². The van der Waals surface area contributed by atoms with E-state index in [9.17, 15) is 0 Å². The van der Waals surface area contributed by atoms with Crippen LogP contribution in [-0.2, 0) is 4.74 Å². The molecule has 1 aromatic heterocycles. The molecule has 0 bridgehead atoms. The molecule has 3 aromatic rings. The van der Waals surface area contributed by atoms with Crippen molar-refractivity contribution in [3.63, 3.8) is 0 Å². The molecule has 9 rings (SSSR count). The Hall–Kier alpha value is -2.00. The first-order valence-corrected chi connectivity index (χ1v) is 16.9. The molecular weight excluding hydrogens is 476 g/mol. The zero-order chi connectivity index (χ0) is 25.5. The predicted octanol–water partition coefficient (Wildman–Crippen LogP) is 9.27. The highest BCUT2D eigenvalue weighted by atomic mass is 16.5. The van der Waals surface area contributed by atoms with Crippen LogP contribution in [0, 0.1) is 11.8 Å². The molecule has 3 nitrogen and oxygen atoms in total. The number of fused-ring (bicyclic) bond motifs is 9. The van der Waals surface area contributed by atoms with Crippen molar-refractivity contribution in [3.05, 3.63) is 42.0 Å². The number of hydrogen-bond donors (Lipinski definition) is 0. The Bertz CT molecular complexity index is 1380. The zero-order valence-electron chi connectivity index (χ0n) is 23.7. The summed E-state index contributed by atoms with van der Waals surface area (Å²) in [6.45, 7) is 0. The lowest BCUT2D eigenvalue weighted by Crippen LogP contribution is -2.44. The summed E-state index contributed by atoms with van der Waals surface area (Å²) in [7, 11) is 0. The number of para-hydroxylation sites is 1. The molecule has 3 heterocycles. The summed E-state index contributed by atoms with van der Waals surface area (Å²) in [5.41, 5.74) is 6.33. The van der Waals surface area contributed by atoms with Gasteiger partial charge in [0.1, 0.15) is 0 Å². The molecule has 2 aliphatic heterocycles. The number of aromatic nitrogens is 1. The van der Waals surface area contributed by atoms with Gasteiger partial charge in [0, 0.05) is 51.5 Å². The summed E-state index contributed by atoms with van der Waals surface area (Å²) in [5.74, 6) is 2.33. The van der Waals surface area contributed by atoms with Crippen LogP contribution in [-0.4, -0.2) is 28.9 Å². The number of nitrogens with zero attached hydrogens (tertiary/aromatic N) is 2. The third-order valence-electron chi connectivity index (χ3n) is 12.4. The molecule has 6 aliphatic rings. The molecule has 39 heavy (non-hydrogen) atoms. The maximum Gasteiger partial charge on any atom is 0.0612 e. The molecule has 7 unspecified atom stereocenters. The molecule has 0 amide bonds. The van der Waals surface area contributed by atoms with Crippen molar-refractivity contribution in [2.75, 3.05) is 4.90 Å². The van der Waals surface area contributed by atoms with E-state index in [2.05, 4.69) is 45.9 Å². The standard InChI is InChI=1S/C36H46N2O/c1-2-10-23(11-3-1)37-31-15-7-4-12-25(31)28-22-34-29(21-33(28)37)26-13-5-8-16-32(26)38(34)24-18-19-36-30(20-24)27-14-6-9-17-35(27)39-36/h5,8,13,16,21-25,27,30-31,35-36H,1-4,6-7,9-12,14-15,17-20H2. The van der Waals surface area contributed by atoms with Crippen molar-refractivity contribution in [3.8, 4) is 0 Å². The summed E-state index contributed by atoms with van der Waals surface area (Å²) >= 11 is 0. The monoisotopic (exact) mass is 522 g/mol. The van der Waals surface area contributed by atoms with E-state index in [4.69, 9.17) is 4.74 Å². The zero-order valence-corrected chi connectivity index (χ0v) is 23.7. The minimum Gasteiger partial charge on any atom is -0.374 e. The Morgan fingerprint density at radius 1 is 0.615 bits per heavy atom. The quantitative estimate of drug-likeness (QED) is 0.334. The molecule has 3 heteroatoms. The third-order valence-corrected chi connectivity index (χ3v) is 12.4. The molecule has 7 atom stereocenters. The number of anilines is 1. The largest absolute Gasteiger partial charge is 0.374 e. The topological polar surface area (TPSA) is 17.4 Å². The van der Waals surface area contributed by atoms with Gasteiger partial charge in [-0.1, -0.05) is 63.1 Å². The lowest BCUT2D eigenvalue weighted by molar-refractivity contribution is 0.00178. The number of hydrogen-bond acceptors (Lipinski definition) is 2. The maximum absolute atomic E-state index is 6.68. The van der Waals surface area contributed by atoms with E-state index in [1.54, 1.807) is 11.3 Å². The van der Waals surface area contributed by atoms with Crippen LogP contribution >= 0.6 is 0 Å². The van der Waals surface area contributed by atoms with Gasteiger partial charge >= 0.3 is 0 Å². The number of ether oxygens (including phenoxy) is 1. The molecule has 4 saturated carbocycles. The average molecular weight is 523 g/mol. The fourth-order valence-electron chi connectivity index (χ4n) is 10.8. The summed E-state index contributed by atoms with van der Waals surface area (Å²) in [4.78, 5) is 2.98. The van der Waals surface area contributed by atoms with Gasteiger partial charge in [0.2, 0.25) is 0 Å². The molecule has 2 aromatic carbocycles. The molecule has 0 spiro atoms. The fraction of sp³-hybridized carbons (Fsp3) is 0.667. The van der Waals surface area contributed by atoms with Crippen LogP contribution in [0.5, 0.6) is 0 Å². The smallest absolute Gasteiger partial charge is 0.0612 e. The van der Waals surface area contributed by atoms with E-state index >= 15 is 0 Å². The number of benzene rings is 2. The minimum absolute atomic E-state index is 0.527. The van der Waals surface area contributed by atoms with Crippen molar-refractivity contribution in [2.45, 2.75) is 139 Å². The molecule has 0 radical (unpaired) electrons. The van der Waals surface area contributed by atoms with Crippen molar-refractivity contribution < 1.29 is 4.74 Å². The first kappa shape index (κ1) is 23.7. The van der Waals surface area contributed by atoms with E-state index in [1.807, 2.05) is 0 Å². The van der Waals surface area contributed by atoms with Crippen LogP contribution < -0.4 is 4.90 Å². The Morgan fingerprint density at radius 3 is 2.36 bits per heavy atom. The van der Waals surface area contributed by atoms with Crippen molar-refractivity contribution in [1.82, 2.24) is 4.57 Å². The summed E-state index contributed by atoms with van der Waals surface area (Å²) in [6, 6.07) is 16.9. The van der Waals surface area contributed by atoms with Gasteiger partial charge in [-0.3, -0.25) is 0 Å². The lowest BCUT2D eigenvalue weighted by Gasteiger charge is -2.41. The Balaban J connectivity index is 1.17. The summed E-state index contributed by atoms with van der Waals surface area (Å²) < 4.78 is 9.52. The molecule has 4 aliphatic carbocycles. The maximum atomic E-state index is 6.68. The Kier molecular flexibility index (Phi) is 5.62. The van der Waals surface area contributed by atoms with E-state index < -0.39 is 0 Å². The van der Waals surface area contributed by atoms with Gasteiger partial charge in [-0.15, -0.1) is 0 Å². The molecule has 206 valence electrons. The van der Waals surface area contributed by atoms with E-state index in [1.165, 1.54) is 125 Å². The van der Waals surface area contributed by atoms with Crippen molar-refractivity contribution >= 4 is 27.5 Å². The van der Waals surface area contributed by atoms with Gasteiger partial charge in [0.25, 0.3) is 0 Å². The first-order valence-electron chi connectivity index (χ1n) is 16.9. The Morgan fingerprint density at radius 2 is 1.41 bits per heavy atom. The second kappa shape index (κ2) is 9.26. The second-order valence-corrected chi connectivity index (χ2v) is 14.3. The highest BCUT2D eigenvalue weighted by molar-refractivity contribution is 6.10. The van der Waals surface area contributed by atoms with Crippen molar-refractivity contribution in [1.29, 1.82) is 0 Å². The van der Waals surface area contributed by atoms with Gasteiger partial charge in [0.05, 0.1) is 12.2 Å². The van der Waals surface area contributed by atoms with E-state index in [0.717, 1.165) is 29.8 Å². The molecule has 1 saturated heterocycles. The van der Waals surface area contributed by atoms with Crippen molar-refractivity contribution in [2.24, 2.45) is 11.8 Å². The average Bonchev–Trinajstić information content (AvgIpc) is 3.63. The fourth-order valence-corrected chi connectivity index (χ4v) is 10.8. The second-order valence-electron chi connectivity index (χ2n) is 14.3.